The average Bonchev–Trinajstić information content (AvgIpc) is 2.75. The molecule has 4 aromatic rings. The van der Waals surface area contributed by atoms with Gasteiger partial charge in [-0.2, -0.15) is 0 Å². The monoisotopic (exact) mass is 398 g/mol. The van der Waals surface area contributed by atoms with Gasteiger partial charge in [-0.05, 0) is 71.8 Å². The quantitative estimate of drug-likeness (QED) is 0.432. The number of carbonyl (C=O) groups is 1. The molecule has 0 bridgehead atoms. The van der Waals surface area contributed by atoms with E-state index >= 15 is 0 Å². The fourth-order valence-corrected chi connectivity index (χ4v) is 3.20. The maximum atomic E-state index is 11.3. The molecule has 0 aliphatic carbocycles. The third-order valence-corrected chi connectivity index (χ3v) is 4.68. The first kappa shape index (κ1) is 19.5. The van der Waals surface area contributed by atoms with Crippen LogP contribution in [-0.4, -0.2) is 10.9 Å². The molecule has 1 heterocycles. The molecule has 1 N–H and O–H groups in total. The lowest BCUT2D eigenvalue weighted by Gasteiger charge is -2.14. The summed E-state index contributed by atoms with van der Waals surface area (Å²) in [6.45, 7) is 3.50. The van der Waals surface area contributed by atoms with Crippen LogP contribution in [0, 0.1) is 0 Å². The van der Waals surface area contributed by atoms with Gasteiger partial charge in [-0.1, -0.05) is 24.3 Å². The van der Waals surface area contributed by atoms with E-state index in [9.17, 15) is 4.79 Å². The number of pyridine rings is 1. The fraction of sp³-hybridized carbons (Fsp3) is 0.120. The molecule has 150 valence electrons. The zero-order chi connectivity index (χ0) is 20.9. The molecule has 0 saturated heterocycles. The fourth-order valence-electron chi connectivity index (χ4n) is 3.20. The molecule has 1 atom stereocenters. The van der Waals surface area contributed by atoms with Crippen molar-refractivity contribution < 1.29 is 14.3 Å². The first-order valence-corrected chi connectivity index (χ1v) is 9.74. The van der Waals surface area contributed by atoms with Crippen molar-refractivity contribution in [1.29, 1.82) is 0 Å². The largest absolute Gasteiger partial charge is 0.457 e. The number of hydrogen-bond acceptors (Lipinski definition) is 4. The van der Waals surface area contributed by atoms with Crippen LogP contribution in [0.3, 0.4) is 0 Å². The molecule has 3 aromatic carbocycles. The Kier molecular flexibility index (Phi) is 5.61. The topological polar surface area (TPSA) is 60.5 Å². The van der Waals surface area contributed by atoms with Crippen LogP contribution in [0.1, 0.15) is 25.5 Å². The van der Waals surface area contributed by atoms with Gasteiger partial charge >= 0.3 is 0 Å². The molecule has 0 saturated carbocycles. The van der Waals surface area contributed by atoms with Crippen molar-refractivity contribution in [3.05, 3.63) is 90.6 Å². The molecular weight excluding hydrogens is 376 g/mol. The molecule has 5 nitrogen and oxygen atoms in total. The van der Waals surface area contributed by atoms with Crippen molar-refractivity contribution in [3.8, 4) is 23.1 Å². The molecule has 30 heavy (non-hydrogen) atoms. The molecule has 5 heteroatoms. The molecule has 0 radical (unpaired) electrons. The van der Waals surface area contributed by atoms with Gasteiger partial charge in [0.05, 0.1) is 6.04 Å². The zero-order valence-corrected chi connectivity index (χ0v) is 16.8. The number of ether oxygens (including phenoxy) is 2. The van der Waals surface area contributed by atoms with Gasteiger partial charge in [0, 0.05) is 19.2 Å². The van der Waals surface area contributed by atoms with Crippen LogP contribution >= 0.6 is 0 Å². The molecule has 0 fully saturated rings. The summed E-state index contributed by atoms with van der Waals surface area (Å²) in [5, 5.41) is 5.07. The van der Waals surface area contributed by atoms with Crippen molar-refractivity contribution in [2.45, 2.75) is 19.9 Å². The van der Waals surface area contributed by atoms with Gasteiger partial charge in [-0.15, -0.1) is 0 Å². The Morgan fingerprint density at radius 3 is 2.20 bits per heavy atom. The van der Waals surface area contributed by atoms with Gasteiger partial charge in [-0.3, -0.25) is 4.79 Å². The minimum atomic E-state index is -0.0391. The minimum absolute atomic E-state index is 0.0327. The van der Waals surface area contributed by atoms with E-state index < -0.39 is 0 Å². The Labute approximate surface area is 175 Å². The van der Waals surface area contributed by atoms with Gasteiger partial charge in [0.2, 0.25) is 11.8 Å². The van der Waals surface area contributed by atoms with E-state index in [1.54, 1.807) is 6.20 Å². The summed E-state index contributed by atoms with van der Waals surface area (Å²) in [5.41, 5.74) is 1.06. The summed E-state index contributed by atoms with van der Waals surface area (Å²) in [6.07, 6.45) is 1.69. The highest BCUT2D eigenvalue weighted by molar-refractivity contribution is 5.85. The van der Waals surface area contributed by atoms with Gasteiger partial charge in [-0.25, -0.2) is 4.98 Å². The second-order valence-corrected chi connectivity index (χ2v) is 7.03. The third-order valence-electron chi connectivity index (χ3n) is 4.68. The molecule has 4 rings (SSSR count). The number of carbonyl (C=O) groups excluding carboxylic acids is 1. The summed E-state index contributed by atoms with van der Waals surface area (Å²) in [5.74, 6) is 2.68. The lowest BCUT2D eigenvalue weighted by Crippen LogP contribution is -2.23. The Bertz CT molecular complexity index is 1160. The van der Waals surface area contributed by atoms with E-state index in [2.05, 4.69) is 16.4 Å². The van der Waals surface area contributed by atoms with Crippen LogP contribution in [0.4, 0.5) is 0 Å². The third kappa shape index (κ3) is 4.75. The van der Waals surface area contributed by atoms with Crippen LogP contribution in [0.5, 0.6) is 23.1 Å². The highest BCUT2D eigenvalue weighted by atomic mass is 16.5. The Balaban J connectivity index is 1.46. The normalized spacial score (nSPS) is 11.7. The molecule has 1 unspecified atom stereocenters. The van der Waals surface area contributed by atoms with Crippen molar-refractivity contribution >= 4 is 16.7 Å². The molecule has 1 amide bonds. The Hall–Kier alpha value is -3.86. The van der Waals surface area contributed by atoms with Crippen LogP contribution < -0.4 is 14.8 Å². The number of aromatic nitrogens is 1. The summed E-state index contributed by atoms with van der Waals surface area (Å²) in [4.78, 5) is 15.4. The maximum Gasteiger partial charge on any atom is 0.219 e. The number of amides is 1. The summed E-state index contributed by atoms with van der Waals surface area (Å²) in [7, 11) is 0. The van der Waals surface area contributed by atoms with Crippen LogP contribution in [0.25, 0.3) is 10.8 Å². The standard InChI is InChI=1S/C25H22N2O3/c1-17(27-18(2)28)19-6-7-21-16-24(9-8-20(21)15-19)29-22-10-12-23(13-11-22)30-25-5-3-4-14-26-25/h3-17H,1-2H3,(H,27,28). The van der Waals surface area contributed by atoms with Crippen molar-refractivity contribution in [2.24, 2.45) is 0 Å². The first-order chi connectivity index (χ1) is 14.6. The number of fused-ring (bicyclic) bond motifs is 1. The summed E-state index contributed by atoms with van der Waals surface area (Å²) in [6, 6.07) is 25.0. The molecule has 0 aliphatic rings. The number of rotatable bonds is 6. The molecule has 0 spiro atoms. The number of nitrogens with zero attached hydrogens (tertiary/aromatic N) is 1. The Morgan fingerprint density at radius 1 is 0.833 bits per heavy atom. The SMILES string of the molecule is CC(=O)NC(C)c1ccc2cc(Oc3ccc(Oc4ccccn4)cc3)ccc2c1. The van der Waals surface area contributed by atoms with E-state index in [0.717, 1.165) is 27.8 Å². The number of benzene rings is 3. The predicted octanol–water partition coefficient (Wildman–Crippen LogP) is 6.02. The van der Waals surface area contributed by atoms with E-state index in [-0.39, 0.29) is 11.9 Å². The smallest absolute Gasteiger partial charge is 0.219 e. The van der Waals surface area contributed by atoms with Gasteiger partial charge in [0.1, 0.15) is 17.2 Å². The zero-order valence-electron chi connectivity index (χ0n) is 16.8. The van der Waals surface area contributed by atoms with Crippen LogP contribution in [0.2, 0.25) is 0 Å². The lowest BCUT2D eigenvalue weighted by molar-refractivity contribution is -0.119. The van der Waals surface area contributed by atoms with Crippen LogP contribution in [0.15, 0.2) is 85.1 Å². The highest BCUT2D eigenvalue weighted by Crippen LogP contribution is 2.29. The van der Waals surface area contributed by atoms with E-state index in [0.29, 0.717) is 11.6 Å². The van der Waals surface area contributed by atoms with E-state index in [4.69, 9.17) is 9.47 Å². The first-order valence-electron chi connectivity index (χ1n) is 9.74. The van der Waals surface area contributed by atoms with Crippen molar-refractivity contribution in [3.63, 3.8) is 0 Å². The maximum absolute atomic E-state index is 11.3. The second kappa shape index (κ2) is 8.66. The summed E-state index contributed by atoms with van der Waals surface area (Å²) < 4.78 is 11.7. The van der Waals surface area contributed by atoms with Gasteiger partial charge in [0.15, 0.2) is 0 Å². The van der Waals surface area contributed by atoms with Gasteiger partial charge < -0.3 is 14.8 Å². The molecular formula is C25H22N2O3. The predicted molar refractivity (Wildman–Crippen MR) is 117 cm³/mol. The second-order valence-electron chi connectivity index (χ2n) is 7.03. The minimum Gasteiger partial charge on any atom is -0.457 e. The Morgan fingerprint density at radius 2 is 1.50 bits per heavy atom. The van der Waals surface area contributed by atoms with Gasteiger partial charge in [0.25, 0.3) is 0 Å². The van der Waals surface area contributed by atoms with E-state index in [1.807, 2.05) is 79.7 Å². The van der Waals surface area contributed by atoms with E-state index in [1.165, 1.54) is 6.92 Å². The molecule has 0 aliphatic heterocycles. The van der Waals surface area contributed by atoms with Crippen molar-refractivity contribution in [2.75, 3.05) is 0 Å². The van der Waals surface area contributed by atoms with Crippen LogP contribution in [-0.2, 0) is 4.79 Å². The highest BCUT2D eigenvalue weighted by Gasteiger charge is 2.08. The van der Waals surface area contributed by atoms with Crippen molar-refractivity contribution in [1.82, 2.24) is 10.3 Å². The number of nitrogens with one attached hydrogen (secondary N) is 1. The number of hydrogen-bond donors (Lipinski definition) is 1. The summed E-state index contributed by atoms with van der Waals surface area (Å²) >= 11 is 0. The molecule has 1 aromatic heterocycles. The lowest BCUT2D eigenvalue weighted by atomic mass is 10.0. The average molecular weight is 398 g/mol.